The Labute approximate surface area is 200 Å². The monoisotopic (exact) mass is 476 g/mol. The van der Waals surface area contributed by atoms with Gasteiger partial charge in [0.1, 0.15) is 0 Å². The molecular weight excluding hydrogens is 448 g/mol. The predicted octanol–water partition coefficient (Wildman–Crippen LogP) is 4.84. The van der Waals surface area contributed by atoms with E-state index in [4.69, 9.17) is 0 Å². The average Bonchev–Trinajstić information content (AvgIpc) is 2.85. The molecule has 0 bridgehead atoms. The first-order chi connectivity index (χ1) is 16.2. The van der Waals surface area contributed by atoms with Gasteiger partial charge < -0.3 is 4.90 Å². The maximum Gasteiger partial charge on any atom is 0.261 e. The van der Waals surface area contributed by atoms with Crippen LogP contribution in [0.3, 0.4) is 0 Å². The highest BCUT2D eigenvalue weighted by molar-refractivity contribution is 7.92. The van der Waals surface area contributed by atoms with Gasteiger partial charge in [-0.1, -0.05) is 36.4 Å². The van der Waals surface area contributed by atoms with Crippen molar-refractivity contribution < 1.29 is 18.0 Å². The van der Waals surface area contributed by atoms with Crippen LogP contribution in [-0.2, 0) is 10.0 Å². The summed E-state index contributed by atoms with van der Waals surface area (Å²) in [7, 11) is -3.72. The lowest BCUT2D eigenvalue weighted by Gasteiger charge is -2.31. The fourth-order valence-electron chi connectivity index (χ4n) is 4.14. The summed E-state index contributed by atoms with van der Waals surface area (Å²) < 4.78 is 28.0. The van der Waals surface area contributed by atoms with Gasteiger partial charge >= 0.3 is 0 Å². The molecule has 34 heavy (non-hydrogen) atoms. The van der Waals surface area contributed by atoms with E-state index < -0.39 is 10.0 Å². The van der Waals surface area contributed by atoms with Gasteiger partial charge in [0.05, 0.1) is 4.90 Å². The number of piperidine rings is 1. The lowest BCUT2D eigenvalue weighted by atomic mass is 9.88. The number of rotatable bonds is 6. The van der Waals surface area contributed by atoms with E-state index in [0.29, 0.717) is 42.7 Å². The lowest BCUT2D eigenvalue weighted by molar-refractivity contribution is 0.0650. The van der Waals surface area contributed by atoms with E-state index in [1.165, 1.54) is 0 Å². The van der Waals surface area contributed by atoms with E-state index in [1.807, 2.05) is 44.2 Å². The van der Waals surface area contributed by atoms with Gasteiger partial charge in [0.15, 0.2) is 5.78 Å². The summed E-state index contributed by atoms with van der Waals surface area (Å²) in [5.41, 5.74) is 3.52. The fraction of sp³-hybridized carbons (Fsp3) is 0.259. The molecule has 0 saturated carbocycles. The number of hydrogen-bond acceptors (Lipinski definition) is 4. The van der Waals surface area contributed by atoms with Crippen LogP contribution in [0.4, 0.5) is 5.69 Å². The zero-order valence-corrected chi connectivity index (χ0v) is 20.1. The molecule has 0 unspecified atom stereocenters. The lowest BCUT2D eigenvalue weighted by Crippen LogP contribution is -2.40. The number of amides is 1. The van der Waals surface area contributed by atoms with Gasteiger partial charge in [-0.2, -0.15) is 0 Å². The number of nitrogens with zero attached hydrogens (tertiary/aromatic N) is 1. The predicted molar refractivity (Wildman–Crippen MR) is 133 cm³/mol. The van der Waals surface area contributed by atoms with Crippen molar-refractivity contribution in [2.45, 2.75) is 31.6 Å². The summed E-state index contributed by atoms with van der Waals surface area (Å²) in [5, 5.41) is 0. The molecule has 0 spiro atoms. The number of benzene rings is 3. The van der Waals surface area contributed by atoms with Gasteiger partial charge in [-0.05, 0) is 74.2 Å². The van der Waals surface area contributed by atoms with Crippen LogP contribution >= 0.6 is 0 Å². The topological polar surface area (TPSA) is 83.6 Å². The summed E-state index contributed by atoms with van der Waals surface area (Å²) in [6, 6.07) is 20.7. The second kappa shape index (κ2) is 9.81. The summed E-state index contributed by atoms with van der Waals surface area (Å²) in [4.78, 5) is 27.6. The molecule has 1 N–H and O–H groups in total. The third-order valence-corrected chi connectivity index (χ3v) is 7.76. The summed E-state index contributed by atoms with van der Waals surface area (Å²) in [6.45, 7) is 4.83. The van der Waals surface area contributed by atoms with Gasteiger partial charge in [0.2, 0.25) is 0 Å². The zero-order valence-electron chi connectivity index (χ0n) is 19.3. The minimum atomic E-state index is -3.72. The van der Waals surface area contributed by atoms with Gasteiger partial charge in [-0.3, -0.25) is 14.3 Å². The molecule has 7 heteroatoms. The van der Waals surface area contributed by atoms with E-state index >= 15 is 0 Å². The normalized spacial score (nSPS) is 14.6. The third kappa shape index (κ3) is 5.20. The fourth-order valence-corrected chi connectivity index (χ4v) is 5.28. The number of carbonyl (C=O) groups is 2. The molecule has 1 aliphatic rings. The second-order valence-corrected chi connectivity index (χ2v) is 10.4. The molecule has 0 atom stereocenters. The van der Waals surface area contributed by atoms with Crippen LogP contribution in [0.1, 0.15) is 44.7 Å². The molecular formula is C27H28N2O4S. The van der Waals surface area contributed by atoms with Crippen LogP contribution < -0.4 is 4.72 Å². The summed E-state index contributed by atoms with van der Waals surface area (Å²) in [6.07, 6.45) is 1.26. The molecule has 1 aliphatic heterocycles. The molecule has 1 saturated heterocycles. The number of sulfonamides is 1. The molecule has 0 radical (unpaired) electrons. The third-order valence-electron chi connectivity index (χ3n) is 6.38. The summed E-state index contributed by atoms with van der Waals surface area (Å²) in [5.74, 6) is -0.0593. The van der Waals surface area contributed by atoms with Crippen LogP contribution in [0.25, 0.3) is 0 Å². The van der Waals surface area contributed by atoms with Crippen LogP contribution in [0.2, 0.25) is 0 Å². The number of hydrogen-bond donors (Lipinski definition) is 1. The molecule has 0 aliphatic carbocycles. The van der Waals surface area contributed by atoms with Crippen molar-refractivity contribution in [1.82, 2.24) is 4.90 Å². The minimum absolute atomic E-state index is 0.0753. The number of ketones is 1. The molecule has 3 aromatic rings. The van der Waals surface area contributed by atoms with Crippen molar-refractivity contribution in [3.63, 3.8) is 0 Å². The number of nitrogens with one attached hydrogen (secondary N) is 1. The highest BCUT2D eigenvalue weighted by Gasteiger charge is 2.28. The molecule has 1 amide bonds. The van der Waals surface area contributed by atoms with Gasteiger partial charge in [-0.25, -0.2) is 8.42 Å². The highest BCUT2D eigenvalue weighted by Crippen LogP contribution is 2.24. The Kier molecular flexibility index (Phi) is 6.84. The summed E-state index contributed by atoms with van der Waals surface area (Å²) >= 11 is 0. The maximum atomic E-state index is 12.9. The smallest absolute Gasteiger partial charge is 0.261 e. The zero-order chi connectivity index (χ0) is 24.3. The number of carbonyl (C=O) groups excluding carboxylic acids is 2. The molecule has 1 heterocycles. The number of Topliss-reactive ketones (excluding diaryl/α,β-unsaturated/α-hetero) is 1. The van der Waals surface area contributed by atoms with E-state index in [9.17, 15) is 18.0 Å². The standard InChI is InChI=1S/C27H28N2O4S/c1-19-8-13-25(18-20(19)2)34(32,33)28-24-11-9-23(10-12-24)27(31)29-16-14-22(15-17-29)26(30)21-6-4-3-5-7-21/h3-13,18,22,28H,14-17H2,1-2H3. The van der Waals surface area contributed by atoms with Crippen LogP contribution in [0, 0.1) is 19.8 Å². The minimum Gasteiger partial charge on any atom is -0.339 e. The van der Waals surface area contributed by atoms with Gasteiger partial charge in [0.25, 0.3) is 15.9 Å². The quantitative estimate of drug-likeness (QED) is 0.516. The van der Waals surface area contributed by atoms with Crippen molar-refractivity contribution in [3.05, 3.63) is 95.1 Å². The van der Waals surface area contributed by atoms with E-state index in [0.717, 1.165) is 11.1 Å². The molecule has 3 aromatic carbocycles. The molecule has 1 fully saturated rings. The Morgan fingerprint density at radius 1 is 0.824 bits per heavy atom. The van der Waals surface area contributed by atoms with E-state index in [2.05, 4.69) is 4.72 Å². The first kappa shape index (κ1) is 23.7. The maximum absolute atomic E-state index is 12.9. The number of aryl methyl sites for hydroxylation is 2. The molecule has 6 nitrogen and oxygen atoms in total. The Morgan fingerprint density at radius 3 is 2.09 bits per heavy atom. The van der Waals surface area contributed by atoms with E-state index in [1.54, 1.807) is 47.4 Å². The van der Waals surface area contributed by atoms with Gasteiger partial charge in [0, 0.05) is 35.8 Å². The molecule has 4 rings (SSSR count). The Morgan fingerprint density at radius 2 is 1.47 bits per heavy atom. The second-order valence-electron chi connectivity index (χ2n) is 8.73. The van der Waals surface area contributed by atoms with Gasteiger partial charge in [-0.15, -0.1) is 0 Å². The van der Waals surface area contributed by atoms with Crippen molar-refractivity contribution in [1.29, 1.82) is 0 Å². The number of likely N-dealkylation sites (tertiary alicyclic amines) is 1. The van der Waals surface area contributed by atoms with Crippen LogP contribution in [-0.4, -0.2) is 38.1 Å². The molecule has 0 aromatic heterocycles. The Balaban J connectivity index is 1.37. The van der Waals surface area contributed by atoms with Crippen LogP contribution in [0.15, 0.2) is 77.7 Å². The average molecular weight is 477 g/mol. The first-order valence-corrected chi connectivity index (χ1v) is 12.8. The number of anilines is 1. The van der Waals surface area contributed by atoms with Crippen LogP contribution in [0.5, 0.6) is 0 Å². The van der Waals surface area contributed by atoms with Crippen molar-refractivity contribution in [2.24, 2.45) is 5.92 Å². The highest BCUT2D eigenvalue weighted by atomic mass is 32.2. The molecule has 176 valence electrons. The SMILES string of the molecule is Cc1ccc(S(=O)(=O)Nc2ccc(C(=O)N3CCC(C(=O)c4ccccc4)CC3)cc2)cc1C. The van der Waals surface area contributed by atoms with Crippen molar-refractivity contribution in [3.8, 4) is 0 Å². The Hall–Kier alpha value is -3.45. The van der Waals surface area contributed by atoms with Crippen molar-refractivity contribution in [2.75, 3.05) is 17.8 Å². The van der Waals surface area contributed by atoms with E-state index in [-0.39, 0.29) is 22.5 Å². The first-order valence-electron chi connectivity index (χ1n) is 11.3. The van der Waals surface area contributed by atoms with Crippen molar-refractivity contribution >= 4 is 27.4 Å². The Bertz CT molecular complexity index is 1290. The largest absolute Gasteiger partial charge is 0.339 e.